The zero-order valence-corrected chi connectivity index (χ0v) is 16.2. The van der Waals surface area contributed by atoms with Crippen LogP contribution < -0.4 is 4.90 Å². The minimum Gasteiger partial charge on any atom is -0.329 e. The minimum atomic E-state index is -3.52. The highest BCUT2D eigenvalue weighted by molar-refractivity contribution is 7.89. The molecule has 1 aliphatic rings. The summed E-state index contributed by atoms with van der Waals surface area (Å²) in [5.41, 5.74) is 1.67. The highest BCUT2D eigenvalue weighted by Crippen LogP contribution is 2.17. The van der Waals surface area contributed by atoms with Gasteiger partial charge in [-0.15, -0.1) is 0 Å². The summed E-state index contributed by atoms with van der Waals surface area (Å²) in [6.07, 6.45) is 0. The van der Waals surface area contributed by atoms with E-state index in [-0.39, 0.29) is 10.7 Å². The summed E-state index contributed by atoms with van der Waals surface area (Å²) in [7, 11) is -3.52. The fourth-order valence-electron chi connectivity index (χ4n) is 3.17. The number of rotatable bonds is 5. The zero-order valence-electron chi connectivity index (χ0n) is 14.6. The molecule has 0 radical (unpaired) electrons. The Kier molecular flexibility index (Phi) is 5.77. The monoisotopic (exact) mass is 393 g/mol. The molecule has 0 atom stereocenters. The third kappa shape index (κ3) is 4.32. The highest BCUT2D eigenvalue weighted by atomic mass is 35.5. The molecule has 1 heterocycles. The summed E-state index contributed by atoms with van der Waals surface area (Å²) < 4.78 is 27.1. The van der Waals surface area contributed by atoms with Gasteiger partial charge >= 0.3 is 0 Å². The molecule has 3 rings (SSSR count). The number of carbonyl (C=O) groups is 1. The molecule has 7 heteroatoms. The topological polar surface area (TPSA) is 58.9 Å². The number of quaternary nitrogens is 1. The van der Waals surface area contributed by atoms with E-state index in [9.17, 15) is 13.2 Å². The molecule has 0 aromatic heterocycles. The third-order valence-corrected chi connectivity index (χ3v) is 6.82. The predicted octanol–water partition coefficient (Wildman–Crippen LogP) is 1.63. The van der Waals surface area contributed by atoms with Crippen LogP contribution in [0.15, 0.2) is 53.4 Å². The zero-order chi connectivity index (χ0) is 18.7. The Balaban J connectivity index is 1.64. The molecule has 5 nitrogen and oxygen atoms in total. The lowest BCUT2D eigenvalue weighted by Gasteiger charge is -2.31. The van der Waals surface area contributed by atoms with Crippen molar-refractivity contribution < 1.29 is 18.1 Å². The van der Waals surface area contributed by atoms with Gasteiger partial charge < -0.3 is 4.90 Å². The lowest BCUT2D eigenvalue weighted by Crippen LogP contribution is -3.13. The van der Waals surface area contributed by atoms with Crippen molar-refractivity contribution in [3.63, 3.8) is 0 Å². The van der Waals surface area contributed by atoms with Gasteiger partial charge in [0.2, 0.25) is 10.0 Å². The van der Waals surface area contributed by atoms with E-state index in [4.69, 9.17) is 11.6 Å². The van der Waals surface area contributed by atoms with Crippen molar-refractivity contribution in [3.05, 3.63) is 64.7 Å². The van der Waals surface area contributed by atoms with E-state index in [1.54, 1.807) is 12.1 Å². The molecule has 0 bridgehead atoms. The quantitative estimate of drug-likeness (QED) is 0.785. The van der Waals surface area contributed by atoms with E-state index >= 15 is 0 Å². The van der Waals surface area contributed by atoms with Crippen LogP contribution >= 0.6 is 11.6 Å². The molecule has 1 fully saturated rings. The number of nitrogens with one attached hydrogen (secondary N) is 1. The van der Waals surface area contributed by atoms with Gasteiger partial charge in [-0.1, -0.05) is 35.9 Å². The van der Waals surface area contributed by atoms with Crippen LogP contribution in [0.25, 0.3) is 0 Å². The summed E-state index contributed by atoms with van der Waals surface area (Å²) >= 11 is 6.03. The van der Waals surface area contributed by atoms with Crippen LogP contribution in [-0.4, -0.2) is 44.7 Å². The number of hydrogen-bond donors (Lipinski definition) is 1. The second kappa shape index (κ2) is 7.88. The summed E-state index contributed by atoms with van der Waals surface area (Å²) in [6.45, 7) is 4.75. The predicted molar refractivity (Wildman–Crippen MR) is 101 cm³/mol. The van der Waals surface area contributed by atoms with E-state index in [0.29, 0.717) is 18.7 Å². The Morgan fingerprint density at radius 1 is 1.12 bits per heavy atom. The number of hydrogen-bond acceptors (Lipinski definition) is 3. The van der Waals surface area contributed by atoms with Gasteiger partial charge in [0.25, 0.3) is 0 Å². The van der Waals surface area contributed by atoms with Crippen molar-refractivity contribution in [2.24, 2.45) is 0 Å². The second-order valence-electron chi connectivity index (χ2n) is 6.54. The smallest absolute Gasteiger partial charge is 0.243 e. The molecule has 1 N–H and O–H groups in total. The van der Waals surface area contributed by atoms with Crippen molar-refractivity contribution in [1.29, 1.82) is 0 Å². The summed E-state index contributed by atoms with van der Waals surface area (Å²) in [6, 6.07) is 13.9. The van der Waals surface area contributed by atoms with Crippen molar-refractivity contribution in [3.8, 4) is 0 Å². The number of piperazine rings is 1. The van der Waals surface area contributed by atoms with Crippen molar-refractivity contribution in [2.75, 3.05) is 26.2 Å². The van der Waals surface area contributed by atoms with Gasteiger partial charge in [0.1, 0.15) is 6.54 Å². The largest absolute Gasteiger partial charge is 0.329 e. The molecular formula is C19H22ClN2O3S+. The van der Waals surface area contributed by atoms with E-state index in [1.807, 2.05) is 24.3 Å². The van der Waals surface area contributed by atoms with Crippen LogP contribution in [0.3, 0.4) is 0 Å². The molecule has 2 aromatic rings. The van der Waals surface area contributed by atoms with Gasteiger partial charge in [-0.3, -0.25) is 4.79 Å². The number of halogens is 1. The average Bonchev–Trinajstić information content (AvgIpc) is 2.62. The van der Waals surface area contributed by atoms with E-state index in [2.05, 4.69) is 0 Å². The third-order valence-electron chi connectivity index (χ3n) is 4.67. The Labute approximate surface area is 159 Å². The fraction of sp³-hybridized carbons (Fsp3) is 0.316. The van der Waals surface area contributed by atoms with Crippen molar-refractivity contribution in [2.45, 2.75) is 18.4 Å². The first-order valence-corrected chi connectivity index (χ1v) is 10.4. The number of Topliss-reactive ketones (excluding diaryl/α,β-unsaturated/α-hetero) is 1. The standard InChI is InChI=1S/C19H21ClN2O3S/c1-15(23)17-5-7-19(8-6-17)26(24,25)22-11-9-21(10-12-22)14-16-3-2-4-18(20)13-16/h2-8,13H,9-12,14H2,1H3/p+1. The molecule has 0 saturated carbocycles. The first kappa shape index (κ1) is 19.0. The van der Waals surface area contributed by atoms with Gasteiger partial charge in [-0.05, 0) is 31.2 Å². The maximum atomic E-state index is 12.8. The molecule has 0 amide bonds. The molecule has 26 heavy (non-hydrogen) atoms. The van der Waals surface area contributed by atoms with Gasteiger partial charge in [0, 0.05) is 16.1 Å². The number of nitrogens with zero attached hydrogens (tertiary/aromatic N) is 1. The molecule has 138 valence electrons. The summed E-state index contributed by atoms with van der Waals surface area (Å²) in [5, 5.41) is 0.720. The lowest BCUT2D eigenvalue weighted by atomic mass is 10.2. The van der Waals surface area contributed by atoms with Gasteiger partial charge in [-0.2, -0.15) is 4.31 Å². The first-order chi connectivity index (χ1) is 12.4. The highest BCUT2D eigenvalue weighted by Gasteiger charge is 2.30. The summed E-state index contributed by atoms with van der Waals surface area (Å²) in [4.78, 5) is 12.9. The Morgan fingerprint density at radius 3 is 2.35 bits per heavy atom. The molecule has 0 unspecified atom stereocenters. The minimum absolute atomic E-state index is 0.0767. The number of carbonyl (C=O) groups excluding carboxylic acids is 1. The Bertz CT molecular complexity index is 889. The SMILES string of the molecule is CC(=O)c1ccc(S(=O)(=O)N2CC[NH+](Cc3cccc(Cl)c3)CC2)cc1. The maximum absolute atomic E-state index is 12.8. The van der Waals surface area contributed by atoms with Crippen LogP contribution in [0.5, 0.6) is 0 Å². The molecular weight excluding hydrogens is 372 g/mol. The number of sulfonamides is 1. The van der Waals surface area contributed by atoms with Crippen LogP contribution in [0.2, 0.25) is 5.02 Å². The fourth-order valence-corrected chi connectivity index (χ4v) is 4.82. The van der Waals surface area contributed by atoms with Crippen LogP contribution in [0, 0.1) is 0 Å². The molecule has 0 aliphatic carbocycles. The lowest BCUT2D eigenvalue weighted by molar-refractivity contribution is -0.917. The normalized spacial score (nSPS) is 16.5. The van der Waals surface area contributed by atoms with E-state index in [0.717, 1.165) is 30.2 Å². The van der Waals surface area contributed by atoms with Crippen molar-refractivity contribution >= 4 is 27.4 Å². The second-order valence-corrected chi connectivity index (χ2v) is 8.92. The molecule has 1 saturated heterocycles. The van der Waals surface area contributed by atoms with E-state index < -0.39 is 10.0 Å². The number of ketones is 1. The molecule has 1 aliphatic heterocycles. The van der Waals surface area contributed by atoms with Gasteiger partial charge in [0.15, 0.2) is 5.78 Å². The molecule has 2 aromatic carbocycles. The maximum Gasteiger partial charge on any atom is 0.243 e. The Hall–Kier alpha value is -1.73. The Morgan fingerprint density at radius 2 is 1.77 bits per heavy atom. The first-order valence-electron chi connectivity index (χ1n) is 8.55. The average molecular weight is 394 g/mol. The van der Waals surface area contributed by atoms with E-state index in [1.165, 1.54) is 28.3 Å². The van der Waals surface area contributed by atoms with Crippen LogP contribution in [-0.2, 0) is 16.6 Å². The van der Waals surface area contributed by atoms with Gasteiger partial charge in [-0.25, -0.2) is 8.42 Å². The molecule has 0 spiro atoms. The van der Waals surface area contributed by atoms with Gasteiger partial charge in [0.05, 0.1) is 31.1 Å². The summed E-state index contributed by atoms with van der Waals surface area (Å²) in [5.74, 6) is -0.0767. The van der Waals surface area contributed by atoms with Crippen LogP contribution in [0.4, 0.5) is 0 Å². The van der Waals surface area contributed by atoms with Crippen molar-refractivity contribution in [1.82, 2.24) is 4.31 Å². The van der Waals surface area contributed by atoms with Crippen LogP contribution in [0.1, 0.15) is 22.8 Å². The number of benzene rings is 2.